The summed E-state index contributed by atoms with van der Waals surface area (Å²) in [6, 6.07) is 12.7. The molecule has 0 spiro atoms. The highest BCUT2D eigenvalue weighted by Crippen LogP contribution is 2.20. The highest BCUT2D eigenvalue weighted by Gasteiger charge is 2.11. The summed E-state index contributed by atoms with van der Waals surface area (Å²) in [5.74, 6) is 0.270. The lowest BCUT2D eigenvalue weighted by molar-refractivity contribution is -0.384. The summed E-state index contributed by atoms with van der Waals surface area (Å²) in [5.41, 5.74) is 0.728. The van der Waals surface area contributed by atoms with Crippen molar-refractivity contribution in [1.29, 1.82) is 0 Å². The fourth-order valence-corrected chi connectivity index (χ4v) is 1.93. The van der Waals surface area contributed by atoms with E-state index in [0.29, 0.717) is 17.0 Å². The Labute approximate surface area is 134 Å². The number of anilines is 1. The number of hydrogen-bond donors (Lipinski definition) is 1. The van der Waals surface area contributed by atoms with Gasteiger partial charge in [0.1, 0.15) is 5.75 Å². The number of ether oxygens (including phenoxy) is 1. The molecule has 1 unspecified atom stereocenters. The Kier molecular flexibility index (Phi) is 5.30. The molecule has 0 aliphatic carbocycles. The predicted molar refractivity (Wildman–Crippen MR) is 87.9 cm³/mol. The first kappa shape index (κ1) is 16.5. The van der Waals surface area contributed by atoms with Gasteiger partial charge in [0.25, 0.3) is 11.6 Å². The SMILES string of the molecule is CCC(C)Oc1cccc(C(=O)Nc2cccc([N+](=O)[O-])c2)c1. The smallest absolute Gasteiger partial charge is 0.271 e. The molecule has 0 heterocycles. The van der Waals surface area contributed by atoms with E-state index in [4.69, 9.17) is 4.74 Å². The number of non-ortho nitro benzene ring substituents is 1. The molecule has 23 heavy (non-hydrogen) atoms. The Morgan fingerprint density at radius 1 is 1.26 bits per heavy atom. The first-order valence-electron chi connectivity index (χ1n) is 7.32. The van der Waals surface area contributed by atoms with Gasteiger partial charge in [0.15, 0.2) is 0 Å². The van der Waals surface area contributed by atoms with Gasteiger partial charge in [-0.3, -0.25) is 14.9 Å². The van der Waals surface area contributed by atoms with Crippen LogP contribution in [0.5, 0.6) is 5.75 Å². The number of carbonyl (C=O) groups excluding carboxylic acids is 1. The lowest BCUT2D eigenvalue weighted by Gasteiger charge is -2.13. The average Bonchev–Trinajstić information content (AvgIpc) is 2.55. The van der Waals surface area contributed by atoms with E-state index in [9.17, 15) is 14.9 Å². The quantitative estimate of drug-likeness (QED) is 0.645. The molecule has 0 aliphatic heterocycles. The van der Waals surface area contributed by atoms with Crippen molar-refractivity contribution in [1.82, 2.24) is 0 Å². The van der Waals surface area contributed by atoms with Crippen LogP contribution in [0.25, 0.3) is 0 Å². The first-order valence-corrected chi connectivity index (χ1v) is 7.32. The van der Waals surface area contributed by atoms with Crippen LogP contribution in [-0.2, 0) is 0 Å². The van der Waals surface area contributed by atoms with E-state index in [1.54, 1.807) is 30.3 Å². The minimum absolute atomic E-state index is 0.0603. The van der Waals surface area contributed by atoms with Crippen molar-refractivity contribution in [2.75, 3.05) is 5.32 Å². The van der Waals surface area contributed by atoms with Crippen LogP contribution >= 0.6 is 0 Å². The fraction of sp³-hybridized carbons (Fsp3) is 0.235. The first-order chi connectivity index (χ1) is 11.0. The fourth-order valence-electron chi connectivity index (χ4n) is 1.93. The van der Waals surface area contributed by atoms with Gasteiger partial charge in [0, 0.05) is 23.4 Å². The van der Waals surface area contributed by atoms with Gasteiger partial charge in [0.2, 0.25) is 0 Å². The molecule has 120 valence electrons. The van der Waals surface area contributed by atoms with Crippen molar-refractivity contribution in [3.63, 3.8) is 0 Å². The number of amides is 1. The maximum atomic E-state index is 12.3. The van der Waals surface area contributed by atoms with E-state index in [-0.39, 0.29) is 17.7 Å². The summed E-state index contributed by atoms with van der Waals surface area (Å²) in [6.07, 6.45) is 0.925. The van der Waals surface area contributed by atoms with Crippen LogP contribution in [0.3, 0.4) is 0 Å². The van der Waals surface area contributed by atoms with Gasteiger partial charge in [0.05, 0.1) is 11.0 Å². The Morgan fingerprint density at radius 3 is 2.70 bits per heavy atom. The minimum atomic E-state index is -0.504. The predicted octanol–water partition coefficient (Wildman–Crippen LogP) is 4.02. The van der Waals surface area contributed by atoms with Gasteiger partial charge in [-0.1, -0.05) is 19.1 Å². The molecule has 1 N–H and O–H groups in total. The van der Waals surface area contributed by atoms with Crippen molar-refractivity contribution in [2.45, 2.75) is 26.4 Å². The molecule has 0 aromatic heterocycles. The van der Waals surface area contributed by atoms with E-state index >= 15 is 0 Å². The third-order valence-corrected chi connectivity index (χ3v) is 3.32. The topological polar surface area (TPSA) is 81.5 Å². The summed E-state index contributed by atoms with van der Waals surface area (Å²) < 4.78 is 5.69. The molecule has 0 saturated carbocycles. The number of rotatable bonds is 6. The Morgan fingerprint density at radius 2 is 2.00 bits per heavy atom. The lowest BCUT2D eigenvalue weighted by atomic mass is 10.2. The molecular weight excluding hydrogens is 296 g/mol. The van der Waals surface area contributed by atoms with Crippen LogP contribution in [-0.4, -0.2) is 16.9 Å². The molecule has 0 saturated heterocycles. The van der Waals surface area contributed by atoms with Crippen LogP contribution in [0.1, 0.15) is 30.6 Å². The number of nitro groups is 1. The van der Waals surface area contributed by atoms with Gasteiger partial charge in [-0.05, 0) is 37.6 Å². The molecule has 2 aromatic carbocycles. The molecule has 2 aromatic rings. The van der Waals surface area contributed by atoms with E-state index in [2.05, 4.69) is 5.32 Å². The van der Waals surface area contributed by atoms with Crippen LogP contribution < -0.4 is 10.1 Å². The molecule has 2 rings (SSSR count). The molecule has 0 aliphatic rings. The van der Waals surface area contributed by atoms with E-state index in [1.165, 1.54) is 18.2 Å². The van der Waals surface area contributed by atoms with Crippen molar-refractivity contribution >= 4 is 17.3 Å². The molecule has 0 radical (unpaired) electrons. The summed E-state index contributed by atoms with van der Waals surface area (Å²) >= 11 is 0. The van der Waals surface area contributed by atoms with Crippen LogP contribution in [0.4, 0.5) is 11.4 Å². The van der Waals surface area contributed by atoms with E-state index in [0.717, 1.165) is 6.42 Å². The monoisotopic (exact) mass is 314 g/mol. The molecule has 6 heteroatoms. The molecule has 1 amide bonds. The molecule has 6 nitrogen and oxygen atoms in total. The van der Waals surface area contributed by atoms with Crippen LogP contribution in [0.2, 0.25) is 0 Å². The average molecular weight is 314 g/mol. The van der Waals surface area contributed by atoms with Gasteiger partial charge in [-0.25, -0.2) is 0 Å². The van der Waals surface area contributed by atoms with Crippen molar-refractivity contribution in [3.8, 4) is 5.75 Å². The second-order valence-corrected chi connectivity index (χ2v) is 5.13. The van der Waals surface area contributed by atoms with Gasteiger partial charge >= 0.3 is 0 Å². The normalized spacial score (nSPS) is 11.6. The molecular formula is C17H18N2O4. The van der Waals surface area contributed by atoms with Crippen molar-refractivity contribution < 1.29 is 14.5 Å². The number of hydrogen-bond acceptors (Lipinski definition) is 4. The standard InChI is InChI=1S/C17H18N2O4/c1-3-12(2)23-16-9-4-6-13(10-16)17(20)18-14-7-5-8-15(11-14)19(21)22/h4-12H,3H2,1-2H3,(H,18,20). The van der Waals surface area contributed by atoms with E-state index < -0.39 is 4.92 Å². The Bertz CT molecular complexity index is 715. The van der Waals surface area contributed by atoms with Crippen molar-refractivity contribution in [2.24, 2.45) is 0 Å². The minimum Gasteiger partial charge on any atom is -0.491 e. The summed E-state index contributed by atoms with van der Waals surface area (Å²) in [6.45, 7) is 3.97. The van der Waals surface area contributed by atoms with Crippen LogP contribution in [0, 0.1) is 10.1 Å². The number of benzene rings is 2. The third-order valence-electron chi connectivity index (χ3n) is 3.32. The van der Waals surface area contributed by atoms with Crippen molar-refractivity contribution in [3.05, 3.63) is 64.2 Å². The largest absolute Gasteiger partial charge is 0.491 e. The maximum absolute atomic E-state index is 12.3. The summed E-state index contributed by atoms with van der Waals surface area (Å²) in [7, 11) is 0. The molecule has 1 atom stereocenters. The highest BCUT2D eigenvalue weighted by atomic mass is 16.6. The molecule has 0 fully saturated rings. The second-order valence-electron chi connectivity index (χ2n) is 5.13. The van der Waals surface area contributed by atoms with Gasteiger partial charge in [-0.2, -0.15) is 0 Å². The summed E-state index contributed by atoms with van der Waals surface area (Å²) in [5, 5.41) is 13.4. The zero-order valence-corrected chi connectivity index (χ0v) is 13.0. The second kappa shape index (κ2) is 7.40. The zero-order valence-electron chi connectivity index (χ0n) is 13.0. The Balaban J connectivity index is 2.13. The maximum Gasteiger partial charge on any atom is 0.271 e. The van der Waals surface area contributed by atoms with Crippen LogP contribution in [0.15, 0.2) is 48.5 Å². The number of nitrogens with one attached hydrogen (secondary N) is 1. The van der Waals surface area contributed by atoms with Gasteiger partial charge in [-0.15, -0.1) is 0 Å². The number of carbonyl (C=O) groups is 1. The number of nitro benzene ring substituents is 1. The Hall–Kier alpha value is -2.89. The lowest BCUT2D eigenvalue weighted by Crippen LogP contribution is -2.13. The molecule has 0 bridgehead atoms. The van der Waals surface area contributed by atoms with E-state index in [1.807, 2.05) is 13.8 Å². The zero-order chi connectivity index (χ0) is 16.8. The third kappa shape index (κ3) is 4.54. The van der Waals surface area contributed by atoms with Gasteiger partial charge < -0.3 is 10.1 Å². The summed E-state index contributed by atoms with van der Waals surface area (Å²) in [4.78, 5) is 22.5. The number of nitrogens with zero attached hydrogens (tertiary/aromatic N) is 1. The highest BCUT2D eigenvalue weighted by molar-refractivity contribution is 6.04.